The molecule has 0 unspecified atom stereocenters. The molecule has 7 nitrogen and oxygen atoms in total. The minimum absolute atomic E-state index is 0.148. The molecule has 0 radical (unpaired) electrons. The summed E-state index contributed by atoms with van der Waals surface area (Å²) in [6.45, 7) is 3.78. The van der Waals surface area contributed by atoms with Gasteiger partial charge in [0.15, 0.2) is 12.3 Å². The van der Waals surface area contributed by atoms with Crippen LogP contribution in [0.1, 0.15) is 11.3 Å². The van der Waals surface area contributed by atoms with E-state index in [9.17, 15) is 4.79 Å². The molecule has 0 aliphatic carbocycles. The number of hydrogen-bond donors (Lipinski definition) is 1. The molecule has 32 heavy (non-hydrogen) atoms. The molecule has 0 atom stereocenters. The first-order chi connectivity index (χ1) is 15.5. The van der Waals surface area contributed by atoms with Gasteiger partial charge < -0.3 is 10.1 Å². The van der Waals surface area contributed by atoms with Crippen molar-refractivity contribution in [2.45, 2.75) is 13.8 Å². The molecule has 1 amide bonds. The molecule has 5 rings (SSSR count). The lowest BCUT2D eigenvalue weighted by molar-refractivity contribution is -0.118. The summed E-state index contributed by atoms with van der Waals surface area (Å²) in [6.07, 6.45) is 0. The van der Waals surface area contributed by atoms with E-state index < -0.39 is 0 Å². The molecule has 2 aromatic carbocycles. The summed E-state index contributed by atoms with van der Waals surface area (Å²) in [6, 6.07) is 17.7. The van der Waals surface area contributed by atoms with E-state index in [2.05, 4.69) is 26.4 Å². The number of aromatic nitrogens is 4. The monoisotopic (exact) mass is 443 g/mol. The van der Waals surface area contributed by atoms with Crippen LogP contribution in [0, 0.1) is 13.8 Å². The van der Waals surface area contributed by atoms with Gasteiger partial charge >= 0.3 is 0 Å². The van der Waals surface area contributed by atoms with Crippen molar-refractivity contribution in [1.29, 1.82) is 0 Å². The minimum atomic E-state index is -0.261. The highest BCUT2D eigenvalue weighted by molar-refractivity contribution is 7.21. The van der Waals surface area contributed by atoms with Gasteiger partial charge in [-0.2, -0.15) is 0 Å². The van der Waals surface area contributed by atoms with E-state index in [1.54, 1.807) is 16.0 Å². The van der Waals surface area contributed by atoms with E-state index in [1.807, 2.05) is 69.4 Å². The number of thiazole rings is 1. The number of nitrogens with zero attached hydrogens (tertiary/aromatic N) is 4. The molecule has 0 saturated heterocycles. The summed E-state index contributed by atoms with van der Waals surface area (Å²) in [4.78, 5) is 21.8. The molecule has 0 saturated carbocycles. The normalized spacial score (nSPS) is 11.2. The Hall–Kier alpha value is -3.78. The van der Waals surface area contributed by atoms with E-state index in [1.165, 1.54) is 0 Å². The summed E-state index contributed by atoms with van der Waals surface area (Å²) in [5.74, 6) is 0.147. The second kappa shape index (κ2) is 8.05. The first kappa shape index (κ1) is 20.1. The third-order valence-corrected chi connectivity index (χ3v) is 6.20. The lowest BCUT2D eigenvalue weighted by atomic mass is 10.2. The fraction of sp³-hybridized carbons (Fsp3) is 0.167. The summed E-state index contributed by atoms with van der Waals surface area (Å²) in [5.41, 5.74) is 5.28. The molecule has 3 aromatic heterocycles. The van der Waals surface area contributed by atoms with Crippen LogP contribution in [-0.4, -0.2) is 32.3 Å². The number of ether oxygens (including phenoxy) is 1. The number of anilines is 1. The lowest BCUT2D eigenvalue weighted by Crippen LogP contribution is -2.20. The molecule has 0 aliphatic heterocycles. The predicted molar refractivity (Wildman–Crippen MR) is 127 cm³/mol. The van der Waals surface area contributed by atoms with Crippen LogP contribution in [0.5, 0.6) is 5.88 Å². The fourth-order valence-electron chi connectivity index (χ4n) is 3.71. The van der Waals surface area contributed by atoms with Crippen LogP contribution in [0.15, 0.2) is 54.6 Å². The standard InChI is InChI=1S/C24H21N5O2S/c1-14-11-15(2)25-22-21(14)23(28-29(22)3)31-13-20(30)26-17-8-6-7-16(12-17)24-27-18-9-4-5-10-19(18)32-24/h4-12H,13H2,1-3H3,(H,26,30). The molecule has 0 bridgehead atoms. The van der Waals surface area contributed by atoms with Crippen molar-refractivity contribution >= 4 is 44.2 Å². The van der Waals surface area contributed by atoms with Gasteiger partial charge in [-0.3, -0.25) is 4.79 Å². The van der Waals surface area contributed by atoms with Gasteiger partial charge in [0.2, 0.25) is 5.88 Å². The third kappa shape index (κ3) is 3.80. The molecule has 160 valence electrons. The highest BCUT2D eigenvalue weighted by Crippen LogP contribution is 2.31. The van der Waals surface area contributed by atoms with Crippen molar-refractivity contribution in [3.8, 4) is 16.5 Å². The SMILES string of the molecule is Cc1cc(C)c2c(OCC(=O)Nc3cccc(-c4nc5ccccc5s4)c3)nn(C)c2n1. The van der Waals surface area contributed by atoms with Crippen LogP contribution in [0.25, 0.3) is 31.8 Å². The highest BCUT2D eigenvalue weighted by Gasteiger charge is 2.16. The maximum atomic E-state index is 12.6. The first-order valence-electron chi connectivity index (χ1n) is 10.2. The van der Waals surface area contributed by atoms with Crippen molar-refractivity contribution in [2.24, 2.45) is 7.05 Å². The Balaban J connectivity index is 1.31. The molecule has 0 aliphatic rings. The zero-order chi connectivity index (χ0) is 22.2. The van der Waals surface area contributed by atoms with Gasteiger partial charge in [-0.15, -0.1) is 16.4 Å². The number of carbonyl (C=O) groups is 1. The smallest absolute Gasteiger partial charge is 0.262 e. The van der Waals surface area contributed by atoms with E-state index in [-0.39, 0.29) is 12.5 Å². The average molecular weight is 444 g/mol. The second-order valence-electron chi connectivity index (χ2n) is 7.61. The quantitative estimate of drug-likeness (QED) is 0.419. The number of fused-ring (bicyclic) bond motifs is 2. The Morgan fingerprint density at radius 3 is 2.78 bits per heavy atom. The Bertz CT molecular complexity index is 1440. The van der Waals surface area contributed by atoms with Gasteiger partial charge in [-0.1, -0.05) is 24.3 Å². The topological polar surface area (TPSA) is 81.9 Å². The minimum Gasteiger partial charge on any atom is -0.466 e. The van der Waals surface area contributed by atoms with Crippen molar-refractivity contribution < 1.29 is 9.53 Å². The van der Waals surface area contributed by atoms with Gasteiger partial charge in [-0.25, -0.2) is 14.6 Å². The van der Waals surface area contributed by atoms with Gasteiger partial charge in [0.1, 0.15) is 5.01 Å². The zero-order valence-electron chi connectivity index (χ0n) is 17.9. The number of rotatable bonds is 5. The van der Waals surface area contributed by atoms with Crippen molar-refractivity contribution in [3.63, 3.8) is 0 Å². The van der Waals surface area contributed by atoms with Crippen LogP contribution in [0.3, 0.4) is 0 Å². The number of aryl methyl sites for hydroxylation is 3. The number of amides is 1. The molecular formula is C24H21N5O2S. The lowest BCUT2D eigenvalue weighted by Gasteiger charge is -2.08. The molecule has 1 N–H and O–H groups in total. The highest BCUT2D eigenvalue weighted by atomic mass is 32.1. The summed E-state index contributed by atoms with van der Waals surface area (Å²) in [7, 11) is 1.81. The number of hydrogen-bond acceptors (Lipinski definition) is 6. The number of benzene rings is 2. The number of carbonyl (C=O) groups excluding carboxylic acids is 1. The van der Waals surface area contributed by atoms with Gasteiger partial charge in [0.25, 0.3) is 5.91 Å². The van der Waals surface area contributed by atoms with Crippen LogP contribution >= 0.6 is 11.3 Å². The Labute approximate surface area is 188 Å². The van der Waals surface area contributed by atoms with Crippen LogP contribution in [0.2, 0.25) is 0 Å². The van der Waals surface area contributed by atoms with Crippen molar-refractivity contribution in [2.75, 3.05) is 11.9 Å². The number of pyridine rings is 1. The average Bonchev–Trinajstić information content (AvgIpc) is 3.34. The number of nitrogens with one attached hydrogen (secondary N) is 1. The Kier molecular flexibility index (Phi) is 5.07. The Morgan fingerprint density at radius 1 is 1.09 bits per heavy atom. The van der Waals surface area contributed by atoms with E-state index in [0.29, 0.717) is 11.6 Å². The molecular weight excluding hydrogens is 422 g/mol. The van der Waals surface area contributed by atoms with E-state index in [4.69, 9.17) is 4.74 Å². The molecule has 3 heterocycles. The van der Waals surface area contributed by atoms with E-state index >= 15 is 0 Å². The summed E-state index contributed by atoms with van der Waals surface area (Å²) < 4.78 is 8.56. The predicted octanol–water partition coefficient (Wildman–Crippen LogP) is 4.88. The van der Waals surface area contributed by atoms with Crippen LogP contribution < -0.4 is 10.1 Å². The maximum Gasteiger partial charge on any atom is 0.262 e. The summed E-state index contributed by atoms with van der Waals surface area (Å²) >= 11 is 1.63. The first-order valence-corrected chi connectivity index (χ1v) is 11.0. The van der Waals surface area contributed by atoms with Crippen LogP contribution in [0.4, 0.5) is 5.69 Å². The molecule has 8 heteroatoms. The zero-order valence-corrected chi connectivity index (χ0v) is 18.7. The van der Waals surface area contributed by atoms with Crippen LogP contribution in [-0.2, 0) is 11.8 Å². The second-order valence-corrected chi connectivity index (χ2v) is 8.64. The largest absolute Gasteiger partial charge is 0.466 e. The van der Waals surface area contributed by atoms with Crippen molar-refractivity contribution in [3.05, 3.63) is 65.9 Å². The molecule has 5 aromatic rings. The molecule has 0 fully saturated rings. The Morgan fingerprint density at radius 2 is 1.94 bits per heavy atom. The molecule has 0 spiro atoms. The maximum absolute atomic E-state index is 12.6. The van der Waals surface area contributed by atoms with E-state index in [0.717, 1.165) is 43.1 Å². The van der Waals surface area contributed by atoms with Crippen molar-refractivity contribution in [1.82, 2.24) is 19.7 Å². The van der Waals surface area contributed by atoms with Gasteiger partial charge in [0, 0.05) is 24.0 Å². The van der Waals surface area contributed by atoms with Gasteiger partial charge in [0.05, 0.1) is 15.6 Å². The number of para-hydroxylation sites is 1. The third-order valence-electron chi connectivity index (χ3n) is 5.11. The fourth-order valence-corrected chi connectivity index (χ4v) is 4.67. The van der Waals surface area contributed by atoms with Gasteiger partial charge in [-0.05, 0) is 49.7 Å². The summed E-state index contributed by atoms with van der Waals surface area (Å²) in [5, 5.41) is 9.02.